The molecule has 0 rings (SSSR count). The molecule has 0 aliphatic heterocycles. The molecule has 6 heteroatoms. The molecule has 132 valence electrons. The fourth-order valence-electron chi connectivity index (χ4n) is 2.21. The summed E-state index contributed by atoms with van der Waals surface area (Å²) in [4.78, 5) is 0. The van der Waals surface area contributed by atoms with Gasteiger partial charge in [0.2, 0.25) is 0 Å². The van der Waals surface area contributed by atoms with Gasteiger partial charge in [-0.3, -0.25) is 4.57 Å². The van der Waals surface area contributed by atoms with Gasteiger partial charge < -0.3 is 9.05 Å². The summed E-state index contributed by atoms with van der Waals surface area (Å²) in [5.74, 6) is 0. The van der Waals surface area contributed by atoms with Gasteiger partial charge in [0.15, 0.2) is 0 Å². The Kier molecular flexibility index (Phi) is 16.3. The predicted molar refractivity (Wildman–Crippen MR) is 93.9 cm³/mol. The SMILES string of the molecule is CCCCCCCCOP(=O)(OCCCCCCCC)P=O. The fourth-order valence-corrected chi connectivity index (χ4v) is 3.87. The summed E-state index contributed by atoms with van der Waals surface area (Å²) in [5, 5.41) is 0. The summed E-state index contributed by atoms with van der Waals surface area (Å²) in [6.45, 7) is 5.12. The van der Waals surface area contributed by atoms with Crippen molar-refractivity contribution in [2.45, 2.75) is 90.9 Å². The first-order valence-corrected chi connectivity index (χ1v) is 12.0. The average molecular weight is 352 g/mol. The molecule has 0 aromatic carbocycles. The summed E-state index contributed by atoms with van der Waals surface area (Å²) in [5.41, 5.74) is 0. The molecular formula is C16H34O4P2. The highest BCUT2D eigenvalue weighted by atomic mass is 32.1. The normalized spacial score (nSPS) is 12.1. The smallest absolute Gasteiger partial charge is 0.300 e. The van der Waals surface area contributed by atoms with E-state index < -0.39 is 15.4 Å². The molecule has 0 fully saturated rings. The van der Waals surface area contributed by atoms with Gasteiger partial charge in [-0.2, -0.15) is 0 Å². The molecule has 0 saturated heterocycles. The topological polar surface area (TPSA) is 52.6 Å². The summed E-state index contributed by atoms with van der Waals surface area (Å²) in [6.07, 6.45) is 13.6. The van der Waals surface area contributed by atoms with E-state index in [1.54, 1.807) is 0 Å². The monoisotopic (exact) mass is 352 g/mol. The Morgan fingerprint density at radius 2 is 1.05 bits per heavy atom. The van der Waals surface area contributed by atoms with Gasteiger partial charge in [-0.25, -0.2) is 4.57 Å². The van der Waals surface area contributed by atoms with E-state index in [0.717, 1.165) is 25.7 Å². The van der Waals surface area contributed by atoms with Crippen LogP contribution < -0.4 is 0 Å². The van der Waals surface area contributed by atoms with Crippen LogP contribution in [0.2, 0.25) is 0 Å². The maximum atomic E-state index is 12.1. The van der Waals surface area contributed by atoms with Crippen LogP contribution in [-0.4, -0.2) is 13.2 Å². The Bertz CT molecular complexity index is 276. The number of hydrogen-bond donors (Lipinski definition) is 0. The third-order valence-corrected chi connectivity index (χ3v) is 6.12. The van der Waals surface area contributed by atoms with Crippen LogP contribution in [0.1, 0.15) is 90.9 Å². The van der Waals surface area contributed by atoms with Crippen molar-refractivity contribution in [3.8, 4) is 0 Å². The Balaban J connectivity index is 3.59. The average Bonchev–Trinajstić information content (AvgIpc) is 2.53. The van der Waals surface area contributed by atoms with Gasteiger partial charge >= 0.3 is 7.28 Å². The lowest BCUT2D eigenvalue weighted by atomic mass is 10.1. The third-order valence-electron chi connectivity index (χ3n) is 3.60. The Labute approximate surface area is 138 Å². The highest BCUT2D eigenvalue weighted by Crippen LogP contribution is 2.60. The molecule has 22 heavy (non-hydrogen) atoms. The zero-order chi connectivity index (χ0) is 16.5. The van der Waals surface area contributed by atoms with Crippen molar-refractivity contribution in [3.63, 3.8) is 0 Å². The number of unbranched alkanes of at least 4 members (excludes halogenated alkanes) is 10. The van der Waals surface area contributed by atoms with E-state index in [0.29, 0.717) is 13.2 Å². The molecular weight excluding hydrogens is 318 g/mol. The lowest BCUT2D eigenvalue weighted by Crippen LogP contribution is -1.96. The summed E-state index contributed by atoms with van der Waals surface area (Å²) >= 11 is 0. The first-order valence-electron chi connectivity index (χ1n) is 8.92. The maximum absolute atomic E-state index is 12.1. The zero-order valence-electron chi connectivity index (χ0n) is 14.4. The zero-order valence-corrected chi connectivity index (χ0v) is 16.2. The summed E-state index contributed by atoms with van der Waals surface area (Å²) in [6, 6.07) is 0. The van der Waals surface area contributed by atoms with Crippen LogP contribution in [-0.2, 0) is 18.2 Å². The van der Waals surface area contributed by atoms with E-state index in [1.807, 2.05) is 0 Å². The second kappa shape index (κ2) is 16.1. The molecule has 0 atom stereocenters. The van der Waals surface area contributed by atoms with Crippen LogP contribution in [0.25, 0.3) is 0 Å². The van der Waals surface area contributed by atoms with E-state index >= 15 is 0 Å². The van der Waals surface area contributed by atoms with Crippen LogP contribution in [0.3, 0.4) is 0 Å². The van der Waals surface area contributed by atoms with E-state index in [4.69, 9.17) is 9.05 Å². The molecule has 0 aromatic rings. The highest BCUT2D eigenvalue weighted by molar-refractivity contribution is 8.14. The molecule has 0 bridgehead atoms. The Hall–Kier alpha value is 0.250. The second-order valence-corrected chi connectivity index (χ2v) is 9.33. The molecule has 0 aromatic heterocycles. The van der Waals surface area contributed by atoms with E-state index in [2.05, 4.69) is 13.8 Å². The first-order chi connectivity index (χ1) is 10.7. The van der Waals surface area contributed by atoms with Gasteiger partial charge in [0.25, 0.3) is 8.15 Å². The fraction of sp³-hybridized carbons (Fsp3) is 1.00. The van der Waals surface area contributed by atoms with Gasteiger partial charge in [0.05, 0.1) is 13.2 Å². The molecule has 0 aliphatic rings. The second-order valence-electron chi connectivity index (χ2n) is 5.75. The van der Waals surface area contributed by atoms with Crippen LogP contribution in [0.15, 0.2) is 0 Å². The minimum Gasteiger partial charge on any atom is -0.300 e. The van der Waals surface area contributed by atoms with Gasteiger partial charge in [-0.1, -0.05) is 78.1 Å². The Morgan fingerprint density at radius 3 is 1.41 bits per heavy atom. The Morgan fingerprint density at radius 1 is 0.682 bits per heavy atom. The molecule has 4 nitrogen and oxygen atoms in total. The van der Waals surface area contributed by atoms with Crippen LogP contribution in [0, 0.1) is 0 Å². The molecule has 0 saturated carbocycles. The number of rotatable bonds is 17. The van der Waals surface area contributed by atoms with Gasteiger partial charge in [0.1, 0.15) is 0 Å². The first kappa shape index (κ1) is 22.2. The molecule has 0 aliphatic carbocycles. The lowest BCUT2D eigenvalue weighted by Gasteiger charge is -2.12. The van der Waals surface area contributed by atoms with Crippen LogP contribution in [0.4, 0.5) is 0 Å². The van der Waals surface area contributed by atoms with Gasteiger partial charge in [0, 0.05) is 0 Å². The summed E-state index contributed by atoms with van der Waals surface area (Å²) in [7, 11) is -3.92. The standard InChI is InChI=1S/C16H34O4P2/c1-3-5-7-9-11-13-15-19-22(18,21-17)20-16-14-12-10-8-6-4-2/h3-16H2,1-2H3. The maximum Gasteiger partial charge on any atom is 0.419 e. The van der Waals surface area contributed by atoms with Crippen molar-refractivity contribution in [1.29, 1.82) is 0 Å². The van der Waals surface area contributed by atoms with Crippen LogP contribution >= 0.6 is 15.4 Å². The molecule has 0 spiro atoms. The summed E-state index contributed by atoms with van der Waals surface area (Å²) < 4.78 is 33.6. The molecule has 0 unspecified atom stereocenters. The predicted octanol–water partition coefficient (Wildman–Crippen LogP) is 7.14. The molecule has 0 heterocycles. The minimum absolute atomic E-state index is 0.370. The van der Waals surface area contributed by atoms with Gasteiger partial charge in [-0.05, 0) is 12.8 Å². The van der Waals surface area contributed by atoms with Crippen LogP contribution in [0.5, 0.6) is 0 Å². The van der Waals surface area contributed by atoms with Crippen molar-refractivity contribution in [2.75, 3.05) is 13.2 Å². The van der Waals surface area contributed by atoms with E-state index in [1.165, 1.54) is 51.4 Å². The van der Waals surface area contributed by atoms with Crippen molar-refractivity contribution >= 4 is 15.4 Å². The van der Waals surface area contributed by atoms with Crippen molar-refractivity contribution in [3.05, 3.63) is 0 Å². The largest absolute Gasteiger partial charge is 0.419 e. The van der Waals surface area contributed by atoms with E-state index in [-0.39, 0.29) is 0 Å². The van der Waals surface area contributed by atoms with E-state index in [9.17, 15) is 9.13 Å². The number of hydrogen-bond acceptors (Lipinski definition) is 4. The quantitative estimate of drug-likeness (QED) is 0.206. The molecule has 0 amide bonds. The molecule has 0 N–H and O–H groups in total. The lowest BCUT2D eigenvalue weighted by molar-refractivity contribution is 0.211. The highest BCUT2D eigenvalue weighted by Gasteiger charge is 2.24. The minimum atomic E-state index is -3.41. The van der Waals surface area contributed by atoms with Crippen molar-refractivity contribution < 1.29 is 18.2 Å². The molecule has 0 radical (unpaired) electrons. The van der Waals surface area contributed by atoms with Crippen molar-refractivity contribution in [2.24, 2.45) is 0 Å². The van der Waals surface area contributed by atoms with Gasteiger partial charge in [-0.15, -0.1) is 0 Å². The third kappa shape index (κ3) is 13.9. The van der Waals surface area contributed by atoms with Crippen molar-refractivity contribution in [1.82, 2.24) is 0 Å².